The molecule has 0 N–H and O–H groups in total. The van der Waals surface area contributed by atoms with E-state index in [4.69, 9.17) is 0 Å². The van der Waals surface area contributed by atoms with Crippen LogP contribution in [-0.4, -0.2) is 19.4 Å². The average Bonchev–Trinajstić information content (AvgIpc) is 2.42. The van der Waals surface area contributed by atoms with Crippen molar-refractivity contribution in [2.24, 2.45) is 0 Å². The highest BCUT2D eigenvalue weighted by atomic mass is 79.9. The summed E-state index contributed by atoms with van der Waals surface area (Å²) < 4.78 is 27.9. The summed E-state index contributed by atoms with van der Waals surface area (Å²) in [5, 5.41) is 0. The number of halogens is 1. The van der Waals surface area contributed by atoms with Crippen molar-refractivity contribution in [2.75, 3.05) is 4.31 Å². The van der Waals surface area contributed by atoms with Crippen molar-refractivity contribution in [3.8, 4) is 0 Å². The van der Waals surface area contributed by atoms with Crippen molar-refractivity contribution in [1.82, 2.24) is 4.98 Å². The van der Waals surface area contributed by atoms with Crippen LogP contribution in [0.3, 0.4) is 0 Å². The number of rotatable bonds is 4. The largest absolute Gasteiger partial charge is 0.266 e. The standard InChI is InChI=1S/C15H17BrN2O2S/c1-11(2)18(15-7-6-12(3)9-14(15)16)21(19,20)13-5-4-8-17-10-13/h4-11H,1-3H3. The van der Waals surface area contributed by atoms with E-state index in [1.54, 1.807) is 18.3 Å². The molecule has 0 saturated carbocycles. The Kier molecular flexibility index (Phi) is 4.68. The minimum Gasteiger partial charge on any atom is -0.263 e. The number of sulfonamides is 1. The zero-order valence-corrected chi connectivity index (χ0v) is 14.5. The van der Waals surface area contributed by atoms with E-state index in [9.17, 15) is 8.42 Å². The van der Waals surface area contributed by atoms with E-state index in [0.29, 0.717) is 5.69 Å². The number of hydrogen-bond donors (Lipinski definition) is 0. The maximum absolute atomic E-state index is 12.9. The number of nitrogens with zero attached hydrogens (tertiary/aromatic N) is 2. The molecular formula is C15H17BrN2O2S. The first-order valence-corrected chi connectivity index (χ1v) is 8.78. The van der Waals surface area contributed by atoms with Gasteiger partial charge < -0.3 is 0 Å². The Balaban J connectivity index is 2.59. The van der Waals surface area contributed by atoms with Crippen LogP contribution < -0.4 is 4.31 Å². The van der Waals surface area contributed by atoms with Crippen LogP contribution in [0.4, 0.5) is 5.69 Å². The van der Waals surface area contributed by atoms with Crippen molar-refractivity contribution >= 4 is 31.6 Å². The first-order chi connectivity index (χ1) is 9.84. The Morgan fingerprint density at radius 1 is 1.24 bits per heavy atom. The Hall–Kier alpha value is -1.40. The molecule has 6 heteroatoms. The lowest BCUT2D eigenvalue weighted by atomic mass is 10.2. The van der Waals surface area contributed by atoms with E-state index in [-0.39, 0.29) is 10.9 Å². The van der Waals surface area contributed by atoms with Crippen molar-refractivity contribution in [2.45, 2.75) is 31.7 Å². The third kappa shape index (κ3) is 3.27. The summed E-state index contributed by atoms with van der Waals surface area (Å²) in [4.78, 5) is 4.09. The van der Waals surface area contributed by atoms with Gasteiger partial charge in [0.15, 0.2) is 0 Å². The van der Waals surface area contributed by atoms with Crippen LogP contribution in [0.15, 0.2) is 52.1 Å². The average molecular weight is 369 g/mol. The van der Waals surface area contributed by atoms with Gasteiger partial charge >= 0.3 is 0 Å². The van der Waals surface area contributed by atoms with Gasteiger partial charge in [0.1, 0.15) is 4.90 Å². The maximum atomic E-state index is 12.9. The molecule has 0 radical (unpaired) electrons. The molecule has 2 aromatic rings. The van der Waals surface area contributed by atoms with Crippen molar-refractivity contribution in [3.05, 3.63) is 52.8 Å². The molecule has 1 aromatic carbocycles. The molecular weight excluding hydrogens is 352 g/mol. The van der Waals surface area contributed by atoms with E-state index in [1.807, 2.05) is 39.0 Å². The third-order valence-electron chi connectivity index (χ3n) is 3.00. The molecule has 112 valence electrons. The van der Waals surface area contributed by atoms with Crippen molar-refractivity contribution in [3.63, 3.8) is 0 Å². The molecule has 0 saturated heterocycles. The molecule has 0 atom stereocenters. The minimum absolute atomic E-state index is 0.186. The Bertz CT molecular complexity index is 731. The summed E-state index contributed by atoms with van der Waals surface area (Å²) in [6.45, 7) is 5.66. The van der Waals surface area contributed by atoms with Crippen LogP contribution in [0.2, 0.25) is 0 Å². The molecule has 21 heavy (non-hydrogen) atoms. The van der Waals surface area contributed by atoms with Gasteiger partial charge in [-0.2, -0.15) is 0 Å². The number of hydrogen-bond acceptors (Lipinski definition) is 3. The molecule has 0 aliphatic heterocycles. The van der Waals surface area contributed by atoms with Gasteiger partial charge in [-0.1, -0.05) is 6.07 Å². The molecule has 1 aromatic heterocycles. The van der Waals surface area contributed by atoms with Gasteiger partial charge in [0.25, 0.3) is 10.0 Å². The van der Waals surface area contributed by atoms with Gasteiger partial charge in [-0.05, 0) is 66.5 Å². The second-order valence-corrected chi connectivity index (χ2v) is 7.71. The lowest BCUT2D eigenvalue weighted by molar-refractivity contribution is 0.584. The van der Waals surface area contributed by atoms with Crippen LogP contribution in [0.5, 0.6) is 0 Å². The Morgan fingerprint density at radius 3 is 2.48 bits per heavy atom. The second-order valence-electron chi connectivity index (χ2n) is 5.04. The maximum Gasteiger partial charge on any atom is 0.266 e. The van der Waals surface area contributed by atoms with Crippen molar-refractivity contribution in [1.29, 1.82) is 0 Å². The smallest absolute Gasteiger partial charge is 0.263 e. The summed E-state index contributed by atoms with van der Waals surface area (Å²) in [6, 6.07) is 8.58. The lowest BCUT2D eigenvalue weighted by Gasteiger charge is -2.29. The first kappa shape index (κ1) is 16.0. The number of aryl methyl sites for hydroxylation is 1. The predicted octanol–water partition coefficient (Wildman–Crippen LogP) is 3.76. The van der Waals surface area contributed by atoms with Gasteiger partial charge in [-0.3, -0.25) is 9.29 Å². The Morgan fingerprint density at radius 2 is 1.95 bits per heavy atom. The van der Waals surface area contributed by atoms with Crippen LogP contribution in [-0.2, 0) is 10.0 Å². The topological polar surface area (TPSA) is 50.3 Å². The molecule has 0 amide bonds. The fraction of sp³-hybridized carbons (Fsp3) is 0.267. The van der Waals surface area contributed by atoms with E-state index < -0.39 is 10.0 Å². The number of benzene rings is 1. The van der Waals surface area contributed by atoms with Gasteiger partial charge in [-0.25, -0.2) is 8.42 Å². The summed E-state index contributed by atoms with van der Waals surface area (Å²) in [6.07, 6.45) is 2.92. The highest BCUT2D eigenvalue weighted by Crippen LogP contribution is 2.33. The first-order valence-electron chi connectivity index (χ1n) is 6.54. The van der Waals surface area contributed by atoms with Gasteiger partial charge in [0.05, 0.1) is 5.69 Å². The van der Waals surface area contributed by atoms with Gasteiger partial charge in [0, 0.05) is 22.9 Å². The predicted molar refractivity (Wildman–Crippen MR) is 87.9 cm³/mol. The number of anilines is 1. The fourth-order valence-corrected chi connectivity index (χ4v) is 4.54. The molecule has 0 unspecified atom stereocenters. The quantitative estimate of drug-likeness (QED) is 0.825. The third-order valence-corrected chi connectivity index (χ3v) is 5.61. The molecule has 0 bridgehead atoms. The molecule has 4 nitrogen and oxygen atoms in total. The van der Waals surface area contributed by atoms with E-state index in [0.717, 1.165) is 10.0 Å². The monoisotopic (exact) mass is 368 g/mol. The zero-order chi connectivity index (χ0) is 15.6. The van der Waals surface area contributed by atoms with Crippen LogP contribution in [0.25, 0.3) is 0 Å². The highest BCUT2D eigenvalue weighted by Gasteiger charge is 2.28. The fourth-order valence-electron chi connectivity index (χ4n) is 2.09. The van der Waals surface area contributed by atoms with Crippen LogP contribution >= 0.6 is 15.9 Å². The van der Waals surface area contributed by atoms with Gasteiger partial charge in [-0.15, -0.1) is 0 Å². The highest BCUT2D eigenvalue weighted by molar-refractivity contribution is 9.10. The summed E-state index contributed by atoms with van der Waals surface area (Å²) in [5.41, 5.74) is 1.69. The SMILES string of the molecule is Cc1ccc(N(C(C)C)S(=O)(=O)c2cccnc2)c(Br)c1. The summed E-state index contributed by atoms with van der Waals surface area (Å²) in [7, 11) is -3.65. The normalized spacial score (nSPS) is 11.7. The van der Waals surface area contributed by atoms with Gasteiger partial charge in [0.2, 0.25) is 0 Å². The number of pyridine rings is 1. The zero-order valence-electron chi connectivity index (χ0n) is 12.1. The minimum atomic E-state index is -3.65. The van der Waals surface area contributed by atoms with E-state index in [1.165, 1.54) is 10.5 Å². The summed E-state index contributed by atoms with van der Waals surface area (Å²) >= 11 is 3.46. The Labute approximate surface area is 134 Å². The van der Waals surface area contributed by atoms with E-state index in [2.05, 4.69) is 20.9 Å². The molecule has 0 spiro atoms. The molecule has 1 heterocycles. The van der Waals surface area contributed by atoms with E-state index >= 15 is 0 Å². The number of aromatic nitrogens is 1. The van der Waals surface area contributed by atoms with Crippen molar-refractivity contribution < 1.29 is 8.42 Å². The summed E-state index contributed by atoms with van der Waals surface area (Å²) in [5.74, 6) is 0. The van der Waals surface area contributed by atoms with Crippen LogP contribution in [0.1, 0.15) is 19.4 Å². The molecule has 0 aliphatic rings. The molecule has 2 rings (SSSR count). The lowest BCUT2D eigenvalue weighted by Crippen LogP contribution is -2.37. The molecule has 0 aliphatic carbocycles. The second kappa shape index (κ2) is 6.15. The molecule has 0 fully saturated rings. The van der Waals surface area contributed by atoms with Crippen LogP contribution in [0, 0.1) is 6.92 Å².